The molecule has 32 heavy (non-hydrogen) atoms. The largest absolute Gasteiger partial charge is 0.457 e. The van der Waals surface area contributed by atoms with E-state index in [1.165, 1.54) is 49.6 Å². The fraction of sp³-hybridized carbons (Fsp3) is 0.950. The van der Waals surface area contributed by atoms with Gasteiger partial charge >= 0.3 is 5.97 Å². The number of rotatable bonds is 11. The van der Waals surface area contributed by atoms with Crippen LogP contribution in [-0.4, -0.2) is 123 Å². The van der Waals surface area contributed by atoms with E-state index < -0.39 is 67.4 Å². The first-order valence-electron chi connectivity index (χ1n) is 10.2. The minimum atomic E-state index is -1.74. The van der Waals surface area contributed by atoms with E-state index in [9.17, 15) is 9.18 Å². The van der Waals surface area contributed by atoms with Gasteiger partial charge in [-0.3, -0.25) is 4.79 Å². The monoisotopic (exact) mass is 470 g/mol. The Kier molecular flexibility index (Phi) is 11.1. The summed E-state index contributed by atoms with van der Waals surface area (Å²) in [5.41, 5.74) is 0. The van der Waals surface area contributed by atoms with Crippen LogP contribution in [0.5, 0.6) is 0 Å². The third-order valence-electron chi connectivity index (χ3n) is 5.51. The summed E-state index contributed by atoms with van der Waals surface area (Å²) in [5.74, 6) is -0.506. The predicted octanol–water partition coefficient (Wildman–Crippen LogP) is 0.0754. The van der Waals surface area contributed by atoms with E-state index in [4.69, 9.17) is 47.4 Å². The zero-order chi connectivity index (χ0) is 23.8. The van der Waals surface area contributed by atoms with Crippen molar-refractivity contribution in [3.8, 4) is 0 Å². The third-order valence-corrected chi connectivity index (χ3v) is 5.51. The summed E-state index contributed by atoms with van der Waals surface area (Å²) in [6, 6.07) is 0. The molecule has 0 radical (unpaired) electrons. The quantitative estimate of drug-likeness (QED) is 0.383. The Hall–Kier alpha value is -0.960. The number of ether oxygens (including phenoxy) is 10. The Balaban J connectivity index is 2.34. The Morgan fingerprint density at radius 3 is 1.69 bits per heavy atom. The van der Waals surface area contributed by atoms with Crippen LogP contribution < -0.4 is 0 Å². The van der Waals surface area contributed by atoms with Crippen LogP contribution in [0.1, 0.15) is 6.92 Å². The molecule has 2 aliphatic heterocycles. The van der Waals surface area contributed by atoms with Crippen LogP contribution in [-0.2, 0) is 52.2 Å². The molecule has 2 fully saturated rings. The predicted molar refractivity (Wildman–Crippen MR) is 106 cm³/mol. The molecule has 2 saturated heterocycles. The molecule has 2 aliphatic rings. The van der Waals surface area contributed by atoms with E-state index in [2.05, 4.69) is 0 Å². The fourth-order valence-corrected chi connectivity index (χ4v) is 4.13. The number of hydrogen-bond acceptors (Lipinski definition) is 11. The summed E-state index contributed by atoms with van der Waals surface area (Å²) in [6.45, 7) is 1.42. The van der Waals surface area contributed by atoms with Crippen molar-refractivity contribution in [2.24, 2.45) is 0 Å². The SMILES string of the molecule is COC[C@H]1O[C@@H](F)[C@H](OC)[C@@H](OC)[C@@H]1O[C@@H]1O[C@H](COC)[C@@H](OC(C)=O)[C@H](OC)[C@H]1OC. The van der Waals surface area contributed by atoms with Gasteiger partial charge in [-0.15, -0.1) is 0 Å². The maximum Gasteiger partial charge on any atom is 0.303 e. The molecule has 0 aliphatic carbocycles. The van der Waals surface area contributed by atoms with Gasteiger partial charge in [0.25, 0.3) is 0 Å². The average Bonchev–Trinajstić information content (AvgIpc) is 2.76. The molecule has 12 heteroatoms. The van der Waals surface area contributed by atoms with Crippen molar-refractivity contribution < 1.29 is 56.6 Å². The molecule has 0 amide bonds. The van der Waals surface area contributed by atoms with E-state index in [1.807, 2.05) is 0 Å². The molecule has 0 bridgehead atoms. The van der Waals surface area contributed by atoms with Gasteiger partial charge < -0.3 is 47.4 Å². The molecule has 2 rings (SSSR count). The molecule has 2 heterocycles. The molecule has 11 nitrogen and oxygen atoms in total. The van der Waals surface area contributed by atoms with E-state index >= 15 is 0 Å². The first-order valence-corrected chi connectivity index (χ1v) is 10.2. The van der Waals surface area contributed by atoms with Crippen LogP contribution in [0, 0.1) is 0 Å². The van der Waals surface area contributed by atoms with Crippen molar-refractivity contribution in [2.45, 2.75) is 68.4 Å². The minimum Gasteiger partial charge on any atom is -0.457 e. The Bertz CT molecular complexity index is 568. The molecular formula is C20H35FO11. The second-order valence-corrected chi connectivity index (χ2v) is 7.46. The smallest absolute Gasteiger partial charge is 0.303 e. The van der Waals surface area contributed by atoms with Crippen molar-refractivity contribution in [1.29, 1.82) is 0 Å². The second kappa shape index (κ2) is 13.1. The van der Waals surface area contributed by atoms with Gasteiger partial charge in [-0.2, -0.15) is 0 Å². The molecule has 0 aromatic rings. The summed E-state index contributed by atoms with van der Waals surface area (Å²) < 4.78 is 70.1. The van der Waals surface area contributed by atoms with Crippen LogP contribution in [0.25, 0.3) is 0 Å². The molecule has 0 saturated carbocycles. The maximum atomic E-state index is 14.5. The zero-order valence-electron chi connectivity index (χ0n) is 19.6. The van der Waals surface area contributed by atoms with Crippen LogP contribution >= 0.6 is 0 Å². The van der Waals surface area contributed by atoms with Gasteiger partial charge in [0.15, 0.2) is 12.4 Å². The standard InChI is InChI=1S/C20H35FO11/c1-10(22)29-13-12(9-24-3)31-20(18(28-7)16(13)26-5)32-14-11(8-23-2)30-19(21)17(27-6)15(14)25-4/h11-20H,8-9H2,1-7H3/t11-,12-,13-,14-,15+,16+,17-,18-,19-,20+/m1/s1. The normalized spacial score (nSPS) is 40.2. The Labute approximate surface area is 187 Å². The fourth-order valence-electron chi connectivity index (χ4n) is 4.13. The highest BCUT2D eigenvalue weighted by Crippen LogP contribution is 2.34. The average molecular weight is 470 g/mol. The van der Waals surface area contributed by atoms with Gasteiger partial charge in [-0.25, -0.2) is 4.39 Å². The minimum absolute atomic E-state index is 0.0387. The summed E-state index contributed by atoms with van der Waals surface area (Å²) in [5, 5.41) is 0. The van der Waals surface area contributed by atoms with E-state index in [0.717, 1.165) is 0 Å². The number of esters is 1. The Morgan fingerprint density at radius 2 is 1.22 bits per heavy atom. The van der Waals surface area contributed by atoms with Crippen LogP contribution in [0.2, 0.25) is 0 Å². The third kappa shape index (κ3) is 6.13. The highest BCUT2D eigenvalue weighted by Gasteiger charge is 2.54. The van der Waals surface area contributed by atoms with Gasteiger partial charge in [0.1, 0.15) is 42.7 Å². The molecule has 0 aromatic carbocycles. The van der Waals surface area contributed by atoms with Crippen molar-refractivity contribution in [1.82, 2.24) is 0 Å². The van der Waals surface area contributed by atoms with Gasteiger partial charge in [0, 0.05) is 49.6 Å². The lowest BCUT2D eigenvalue weighted by Crippen LogP contribution is -2.65. The number of carbonyl (C=O) groups excluding carboxylic acids is 1. The topological polar surface area (TPSA) is 109 Å². The second-order valence-electron chi connectivity index (χ2n) is 7.46. The van der Waals surface area contributed by atoms with Crippen molar-refractivity contribution >= 4 is 5.97 Å². The molecule has 10 atom stereocenters. The summed E-state index contributed by atoms with van der Waals surface area (Å²) in [4.78, 5) is 11.7. The molecular weight excluding hydrogens is 435 g/mol. The van der Waals surface area contributed by atoms with Crippen molar-refractivity contribution in [2.75, 3.05) is 55.9 Å². The molecule has 0 N–H and O–H groups in total. The lowest BCUT2D eigenvalue weighted by Gasteiger charge is -2.48. The van der Waals surface area contributed by atoms with Gasteiger partial charge in [-0.05, 0) is 0 Å². The van der Waals surface area contributed by atoms with Crippen LogP contribution in [0.3, 0.4) is 0 Å². The molecule has 0 unspecified atom stereocenters. The van der Waals surface area contributed by atoms with E-state index in [-0.39, 0.29) is 13.2 Å². The first-order chi connectivity index (χ1) is 15.4. The summed E-state index contributed by atoms with van der Waals surface area (Å²) in [6.07, 6.45) is -9.35. The molecule has 188 valence electrons. The zero-order valence-corrected chi connectivity index (χ0v) is 19.6. The lowest BCUT2D eigenvalue weighted by atomic mass is 9.96. The number of carbonyl (C=O) groups is 1. The maximum absolute atomic E-state index is 14.5. The highest BCUT2D eigenvalue weighted by molar-refractivity contribution is 5.66. The highest BCUT2D eigenvalue weighted by atomic mass is 19.1. The number of alkyl halides is 1. The lowest BCUT2D eigenvalue weighted by molar-refractivity contribution is -0.356. The van der Waals surface area contributed by atoms with Crippen LogP contribution in [0.15, 0.2) is 0 Å². The van der Waals surface area contributed by atoms with E-state index in [0.29, 0.717) is 0 Å². The molecule has 0 spiro atoms. The van der Waals surface area contributed by atoms with E-state index in [1.54, 1.807) is 0 Å². The number of hydrogen-bond donors (Lipinski definition) is 0. The summed E-state index contributed by atoms with van der Waals surface area (Å²) in [7, 11) is 8.64. The van der Waals surface area contributed by atoms with Crippen molar-refractivity contribution in [3.63, 3.8) is 0 Å². The van der Waals surface area contributed by atoms with Gasteiger partial charge in [0.2, 0.25) is 6.36 Å². The van der Waals surface area contributed by atoms with Crippen molar-refractivity contribution in [3.05, 3.63) is 0 Å². The number of halogens is 1. The number of methoxy groups -OCH3 is 6. The summed E-state index contributed by atoms with van der Waals surface area (Å²) >= 11 is 0. The van der Waals surface area contributed by atoms with Gasteiger partial charge in [-0.1, -0.05) is 0 Å². The Morgan fingerprint density at radius 1 is 0.719 bits per heavy atom. The first kappa shape index (κ1) is 27.3. The van der Waals surface area contributed by atoms with Gasteiger partial charge in [0.05, 0.1) is 13.2 Å². The van der Waals surface area contributed by atoms with Crippen LogP contribution in [0.4, 0.5) is 4.39 Å². The molecule has 0 aromatic heterocycles.